The van der Waals surface area contributed by atoms with Gasteiger partial charge in [0, 0.05) is 12.2 Å². The van der Waals surface area contributed by atoms with Crippen LogP contribution in [0.25, 0.3) is 0 Å². The molecule has 0 aliphatic rings. The maximum atomic E-state index is 9.36. The summed E-state index contributed by atoms with van der Waals surface area (Å²) in [4.78, 5) is 0. The third-order valence-corrected chi connectivity index (χ3v) is 3.81. The van der Waals surface area contributed by atoms with Crippen molar-refractivity contribution in [1.82, 2.24) is 0 Å². The molecule has 0 amide bonds. The summed E-state index contributed by atoms with van der Waals surface area (Å²) >= 11 is 0. The Kier molecular flexibility index (Phi) is 5.22. The lowest BCUT2D eigenvalue weighted by molar-refractivity contribution is 0.589. The summed E-state index contributed by atoms with van der Waals surface area (Å²) in [5.74, 6) is -0.0271. The molecule has 114 valence electrons. The predicted molar refractivity (Wildman–Crippen MR) is 92.9 cm³/mol. The second kappa shape index (κ2) is 7.13. The van der Waals surface area contributed by atoms with E-state index in [9.17, 15) is 5.26 Å². The van der Waals surface area contributed by atoms with E-state index in [0.717, 1.165) is 12.1 Å². The van der Waals surface area contributed by atoms with E-state index in [2.05, 4.69) is 56.4 Å². The Labute approximate surface area is 133 Å². The number of hydrogen-bond acceptors (Lipinski definition) is 2. The van der Waals surface area contributed by atoms with Gasteiger partial charge in [-0.2, -0.15) is 5.26 Å². The van der Waals surface area contributed by atoms with Crippen molar-refractivity contribution < 1.29 is 0 Å². The summed E-state index contributed by atoms with van der Waals surface area (Å²) in [5, 5.41) is 12.7. The SMILES string of the molecule is CC(C)(C)c1ccc(C[C@@H](C#N)CNc2ccccc2)cc1. The molecule has 0 heterocycles. The van der Waals surface area contributed by atoms with E-state index >= 15 is 0 Å². The predicted octanol–water partition coefficient (Wildman–Crippen LogP) is 4.78. The van der Waals surface area contributed by atoms with Crippen molar-refractivity contribution in [3.05, 3.63) is 65.7 Å². The van der Waals surface area contributed by atoms with Crippen LogP contribution in [0.15, 0.2) is 54.6 Å². The lowest BCUT2D eigenvalue weighted by atomic mass is 9.86. The molecule has 0 aromatic heterocycles. The summed E-state index contributed by atoms with van der Waals surface area (Å²) in [5.41, 5.74) is 3.77. The number of para-hydroxylation sites is 1. The van der Waals surface area contributed by atoms with E-state index < -0.39 is 0 Å². The number of nitrogens with one attached hydrogen (secondary N) is 1. The van der Waals surface area contributed by atoms with Gasteiger partial charge in [0.25, 0.3) is 0 Å². The minimum Gasteiger partial charge on any atom is -0.384 e. The van der Waals surface area contributed by atoms with Crippen LogP contribution in [-0.2, 0) is 11.8 Å². The minimum absolute atomic E-state index is 0.0271. The van der Waals surface area contributed by atoms with E-state index in [0.29, 0.717) is 6.54 Å². The Balaban J connectivity index is 1.94. The van der Waals surface area contributed by atoms with Gasteiger partial charge in [0.05, 0.1) is 12.0 Å². The van der Waals surface area contributed by atoms with Crippen LogP contribution in [0.2, 0.25) is 0 Å². The zero-order valence-corrected chi connectivity index (χ0v) is 13.6. The van der Waals surface area contributed by atoms with E-state index in [1.54, 1.807) is 0 Å². The number of hydrogen-bond donors (Lipinski definition) is 1. The quantitative estimate of drug-likeness (QED) is 0.861. The van der Waals surface area contributed by atoms with Gasteiger partial charge in [-0.3, -0.25) is 0 Å². The number of nitrogens with zero attached hydrogens (tertiary/aromatic N) is 1. The zero-order chi connectivity index (χ0) is 16.0. The summed E-state index contributed by atoms with van der Waals surface area (Å²) < 4.78 is 0. The third kappa shape index (κ3) is 4.63. The third-order valence-electron chi connectivity index (χ3n) is 3.81. The molecule has 0 fully saturated rings. The van der Waals surface area contributed by atoms with Crippen LogP contribution in [0.5, 0.6) is 0 Å². The van der Waals surface area contributed by atoms with Crippen LogP contribution in [0, 0.1) is 17.2 Å². The van der Waals surface area contributed by atoms with Crippen molar-refractivity contribution in [3.63, 3.8) is 0 Å². The van der Waals surface area contributed by atoms with E-state index in [4.69, 9.17) is 0 Å². The fraction of sp³-hybridized carbons (Fsp3) is 0.350. The van der Waals surface area contributed by atoms with Gasteiger partial charge >= 0.3 is 0 Å². The van der Waals surface area contributed by atoms with Crippen molar-refractivity contribution in [3.8, 4) is 6.07 Å². The second-order valence-corrected chi connectivity index (χ2v) is 6.72. The monoisotopic (exact) mass is 292 g/mol. The van der Waals surface area contributed by atoms with E-state index in [1.165, 1.54) is 11.1 Å². The van der Waals surface area contributed by atoms with Gasteiger partial charge < -0.3 is 5.32 Å². The molecule has 0 radical (unpaired) electrons. The molecule has 1 atom stereocenters. The molecule has 0 bridgehead atoms. The Morgan fingerprint density at radius 3 is 2.18 bits per heavy atom. The van der Waals surface area contributed by atoms with Gasteiger partial charge in [0.1, 0.15) is 0 Å². The minimum atomic E-state index is -0.0271. The number of benzene rings is 2. The number of nitriles is 1. The van der Waals surface area contributed by atoms with Crippen LogP contribution in [0.1, 0.15) is 31.9 Å². The molecular formula is C20H24N2. The molecule has 0 aliphatic carbocycles. The highest BCUT2D eigenvalue weighted by molar-refractivity contribution is 5.42. The fourth-order valence-corrected chi connectivity index (χ4v) is 2.39. The molecule has 2 aromatic rings. The molecule has 2 heteroatoms. The van der Waals surface area contributed by atoms with Gasteiger partial charge in [-0.15, -0.1) is 0 Å². The summed E-state index contributed by atoms with van der Waals surface area (Å²) in [6.07, 6.45) is 0.779. The molecule has 2 nitrogen and oxygen atoms in total. The lowest BCUT2D eigenvalue weighted by Gasteiger charge is -2.19. The highest BCUT2D eigenvalue weighted by atomic mass is 14.9. The topological polar surface area (TPSA) is 35.8 Å². The number of rotatable bonds is 5. The lowest BCUT2D eigenvalue weighted by Crippen LogP contribution is -2.15. The van der Waals surface area contributed by atoms with Gasteiger partial charge in [-0.1, -0.05) is 63.2 Å². The summed E-state index contributed by atoms with van der Waals surface area (Å²) in [6.45, 7) is 7.30. The molecule has 0 aliphatic heterocycles. The first-order valence-electron chi connectivity index (χ1n) is 7.77. The first-order valence-corrected chi connectivity index (χ1v) is 7.77. The molecule has 2 rings (SSSR count). The van der Waals surface area contributed by atoms with Crippen LogP contribution < -0.4 is 5.32 Å². The zero-order valence-electron chi connectivity index (χ0n) is 13.6. The van der Waals surface area contributed by atoms with Crippen molar-refractivity contribution in [1.29, 1.82) is 5.26 Å². The average Bonchev–Trinajstić information content (AvgIpc) is 2.52. The van der Waals surface area contributed by atoms with Crippen LogP contribution >= 0.6 is 0 Å². The van der Waals surface area contributed by atoms with E-state index in [-0.39, 0.29) is 11.3 Å². The standard InChI is InChI=1S/C20H24N2/c1-20(2,3)18-11-9-16(10-12-18)13-17(14-21)15-22-19-7-5-4-6-8-19/h4-12,17,22H,13,15H2,1-3H3/t17-/m0/s1. The Morgan fingerprint density at radius 1 is 1.00 bits per heavy atom. The van der Waals surface area contributed by atoms with E-state index in [1.807, 2.05) is 30.3 Å². The van der Waals surface area contributed by atoms with Gasteiger partial charge in [0.15, 0.2) is 0 Å². The Morgan fingerprint density at radius 2 is 1.64 bits per heavy atom. The van der Waals surface area contributed by atoms with Crippen molar-refractivity contribution >= 4 is 5.69 Å². The maximum absolute atomic E-state index is 9.36. The highest BCUT2D eigenvalue weighted by Crippen LogP contribution is 2.23. The second-order valence-electron chi connectivity index (χ2n) is 6.72. The normalized spacial score (nSPS) is 12.5. The molecule has 1 N–H and O–H groups in total. The Hall–Kier alpha value is -2.27. The Bertz CT molecular complexity index is 615. The first kappa shape index (κ1) is 16.1. The molecule has 0 unspecified atom stereocenters. The fourth-order valence-electron chi connectivity index (χ4n) is 2.39. The highest BCUT2D eigenvalue weighted by Gasteiger charge is 2.14. The number of anilines is 1. The van der Waals surface area contributed by atoms with Crippen molar-refractivity contribution in [2.24, 2.45) is 5.92 Å². The van der Waals surface area contributed by atoms with Crippen LogP contribution in [0.4, 0.5) is 5.69 Å². The van der Waals surface area contributed by atoms with Gasteiger partial charge in [-0.25, -0.2) is 0 Å². The molecular weight excluding hydrogens is 268 g/mol. The van der Waals surface area contributed by atoms with Crippen molar-refractivity contribution in [2.75, 3.05) is 11.9 Å². The average molecular weight is 292 g/mol. The smallest absolute Gasteiger partial charge is 0.0677 e. The first-order chi connectivity index (χ1) is 10.5. The molecule has 22 heavy (non-hydrogen) atoms. The molecule has 2 aromatic carbocycles. The van der Waals surface area contributed by atoms with Crippen LogP contribution in [-0.4, -0.2) is 6.54 Å². The maximum Gasteiger partial charge on any atom is 0.0677 e. The molecule has 0 saturated carbocycles. The van der Waals surface area contributed by atoms with Crippen LogP contribution in [0.3, 0.4) is 0 Å². The largest absolute Gasteiger partial charge is 0.384 e. The molecule has 0 saturated heterocycles. The van der Waals surface area contributed by atoms with Gasteiger partial charge in [0.2, 0.25) is 0 Å². The summed E-state index contributed by atoms with van der Waals surface area (Å²) in [6, 6.07) is 21.1. The van der Waals surface area contributed by atoms with Crippen molar-refractivity contribution in [2.45, 2.75) is 32.6 Å². The molecule has 0 spiro atoms. The van der Waals surface area contributed by atoms with Gasteiger partial charge in [-0.05, 0) is 35.1 Å². The summed E-state index contributed by atoms with van der Waals surface area (Å²) in [7, 11) is 0.